The number of halogens is 2. The summed E-state index contributed by atoms with van der Waals surface area (Å²) in [6, 6.07) is 17.6. The Morgan fingerprint density at radius 3 is 2.49 bits per heavy atom. The summed E-state index contributed by atoms with van der Waals surface area (Å²) < 4.78 is 18.7. The van der Waals surface area contributed by atoms with Gasteiger partial charge < -0.3 is 29.3 Å². The summed E-state index contributed by atoms with van der Waals surface area (Å²) in [6.07, 6.45) is 6.53. The smallest absolute Gasteiger partial charge is 0.323 e. The van der Waals surface area contributed by atoms with Gasteiger partial charge in [-0.1, -0.05) is 53.5 Å². The van der Waals surface area contributed by atoms with Crippen LogP contribution in [0.1, 0.15) is 54.0 Å². The fourth-order valence-corrected chi connectivity index (χ4v) is 6.47. The number of carboxylic acid groups (broad SMARTS) is 1. The van der Waals surface area contributed by atoms with Gasteiger partial charge in [0, 0.05) is 48.2 Å². The number of aliphatic hydroxyl groups excluding tert-OH is 1. The maximum absolute atomic E-state index is 11.5. The molecule has 10 nitrogen and oxygen atoms in total. The van der Waals surface area contributed by atoms with Crippen LogP contribution in [-0.4, -0.2) is 64.5 Å². The van der Waals surface area contributed by atoms with Crippen molar-refractivity contribution in [3.63, 3.8) is 0 Å². The SMILES string of the molecule is Cc1c(COc2cc(OCc3cncc(C#N)c3)c(CNC(CO)C(=O)O)cc2Cl)cccc1-c1cccc(OC(C)CCN2CCCC2)c1Cl. The molecule has 2 unspecified atom stereocenters. The lowest BCUT2D eigenvalue weighted by Crippen LogP contribution is -2.39. The van der Waals surface area contributed by atoms with Gasteiger partial charge in [-0.25, -0.2) is 0 Å². The van der Waals surface area contributed by atoms with Gasteiger partial charge in [-0.2, -0.15) is 5.26 Å². The minimum absolute atomic E-state index is 0.0210. The first-order valence-electron chi connectivity index (χ1n) is 16.9. The highest BCUT2D eigenvalue weighted by atomic mass is 35.5. The number of nitrogens with zero attached hydrogens (tertiary/aromatic N) is 3. The topological polar surface area (TPSA) is 137 Å². The fraction of sp³-hybridized carbons (Fsp3) is 0.359. The van der Waals surface area contributed by atoms with Crippen molar-refractivity contribution in [3.8, 4) is 34.4 Å². The predicted molar refractivity (Wildman–Crippen MR) is 196 cm³/mol. The maximum atomic E-state index is 11.5. The second kappa shape index (κ2) is 18.2. The van der Waals surface area contributed by atoms with Gasteiger partial charge in [0.2, 0.25) is 0 Å². The number of hydrogen-bond acceptors (Lipinski definition) is 9. The number of pyridine rings is 1. The lowest BCUT2D eigenvalue weighted by molar-refractivity contribution is -0.140. The Kier molecular flexibility index (Phi) is 13.5. The number of likely N-dealkylation sites (tertiary alicyclic amines) is 1. The summed E-state index contributed by atoms with van der Waals surface area (Å²) in [5.41, 5.74) is 5.34. The molecule has 0 amide bonds. The molecule has 1 saturated heterocycles. The molecule has 1 fully saturated rings. The Morgan fingerprint density at radius 2 is 1.75 bits per heavy atom. The van der Waals surface area contributed by atoms with E-state index in [0.717, 1.165) is 48.3 Å². The summed E-state index contributed by atoms with van der Waals surface area (Å²) in [6.45, 7) is 7.16. The first-order valence-corrected chi connectivity index (χ1v) is 17.7. The van der Waals surface area contributed by atoms with Crippen LogP contribution in [0.15, 0.2) is 67.0 Å². The molecule has 1 aliphatic heterocycles. The third-order valence-corrected chi connectivity index (χ3v) is 9.60. The van der Waals surface area contributed by atoms with Crippen molar-refractivity contribution < 1.29 is 29.2 Å². The highest BCUT2D eigenvalue weighted by Gasteiger charge is 2.20. The molecule has 3 N–H and O–H groups in total. The number of carboxylic acids is 1. The molecule has 5 rings (SSSR count). The van der Waals surface area contributed by atoms with E-state index in [1.54, 1.807) is 24.4 Å². The van der Waals surface area contributed by atoms with Crippen molar-refractivity contribution in [2.24, 2.45) is 0 Å². The molecule has 0 saturated carbocycles. The second-order valence-electron chi connectivity index (χ2n) is 12.6. The number of benzene rings is 3. The molecule has 0 spiro atoms. The molecule has 4 aromatic rings. The Hall–Kier alpha value is -4.37. The van der Waals surface area contributed by atoms with Crippen molar-refractivity contribution in [3.05, 3.63) is 105 Å². The number of nitrogens with one attached hydrogen (secondary N) is 1. The van der Waals surface area contributed by atoms with E-state index in [-0.39, 0.29) is 25.9 Å². The average molecular weight is 734 g/mol. The zero-order valence-electron chi connectivity index (χ0n) is 28.7. The van der Waals surface area contributed by atoms with Gasteiger partial charge in [-0.05, 0) is 81.1 Å². The summed E-state index contributed by atoms with van der Waals surface area (Å²) in [7, 11) is 0. The molecule has 2 atom stereocenters. The Labute approximate surface area is 308 Å². The zero-order valence-corrected chi connectivity index (χ0v) is 30.2. The number of aromatic nitrogens is 1. The van der Waals surface area contributed by atoms with Crippen LogP contribution in [0.2, 0.25) is 10.0 Å². The molecule has 268 valence electrons. The van der Waals surface area contributed by atoms with E-state index >= 15 is 0 Å². The number of hydrogen-bond donors (Lipinski definition) is 3. The molecule has 0 bridgehead atoms. The second-order valence-corrected chi connectivity index (χ2v) is 13.4. The van der Waals surface area contributed by atoms with E-state index in [2.05, 4.69) is 28.2 Å². The molecule has 12 heteroatoms. The predicted octanol–water partition coefficient (Wildman–Crippen LogP) is 7.18. The summed E-state index contributed by atoms with van der Waals surface area (Å²) in [5, 5.41) is 31.8. The van der Waals surface area contributed by atoms with Crippen LogP contribution < -0.4 is 19.5 Å². The maximum Gasteiger partial charge on any atom is 0.323 e. The number of aliphatic hydroxyl groups is 1. The Balaban J connectivity index is 1.33. The normalized spacial score (nSPS) is 14.1. The quantitative estimate of drug-likeness (QED) is 0.102. The van der Waals surface area contributed by atoms with Crippen LogP contribution in [0.3, 0.4) is 0 Å². The van der Waals surface area contributed by atoms with Crippen molar-refractivity contribution in [1.82, 2.24) is 15.2 Å². The van der Waals surface area contributed by atoms with Gasteiger partial charge in [0.1, 0.15) is 42.6 Å². The molecule has 3 aromatic carbocycles. The van der Waals surface area contributed by atoms with E-state index in [1.807, 2.05) is 43.3 Å². The van der Waals surface area contributed by atoms with E-state index in [4.69, 9.17) is 37.4 Å². The van der Waals surface area contributed by atoms with Gasteiger partial charge in [0.25, 0.3) is 0 Å². The number of aliphatic carboxylic acids is 1. The highest BCUT2D eigenvalue weighted by molar-refractivity contribution is 6.35. The van der Waals surface area contributed by atoms with Crippen LogP contribution >= 0.6 is 23.2 Å². The van der Waals surface area contributed by atoms with E-state index < -0.39 is 18.6 Å². The number of nitriles is 1. The van der Waals surface area contributed by atoms with Crippen LogP contribution in [-0.2, 0) is 24.6 Å². The zero-order chi connectivity index (χ0) is 36.3. The van der Waals surface area contributed by atoms with E-state index in [1.165, 1.54) is 19.0 Å². The molecule has 0 aliphatic carbocycles. The van der Waals surface area contributed by atoms with Crippen molar-refractivity contribution >= 4 is 29.2 Å². The molecule has 1 aromatic heterocycles. The molecular weight excluding hydrogens is 691 g/mol. The fourth-order valence-electron chi connectivity index (χ4n) is 5.95. The number of carbonyl (C=O) groups is 1. The Bertz CT molecular complexity index is 1860. The van der Waals surface area contributed by atoms with Gasteiger partial charge in [0.05, 0.1) is 28.3 Å². The van der Waals surface area contributed by atoms with Crippen molar-refractivity contribution in [1.29, 1.82) is 5.26 Å². The molecular formula is C39H42Cl2N4O6. The summed E-state index contributed by atoms with van der Waals surface area (Å²) in [4.78, 5) is 18.0. The molecule has 2 heterocycles. The van der Waals surface area contributed by atoms with Crippen LogP contribution in [0.25, 0.3) is 11.1 Å². The number of rotatable bonds is 17. The highest BCUT2D eigenvalue weighted by Crippen LogP contribution is 2.39. The van der Waals surface area contributed by atoms with E-state index in [0.29, 0.717) is 44.0 Å². The lowest BCUT2D eigenvalue weighted by atomic mass is 9.96. The van der Waals surface area contributed by atoms with Gasteiger partial charge >= 0.3 is 5.97 Å². The van der Waals surface area contributed by atoms with Crippen LogP contribution in [0, 0.1) is 18.3 Å². The minimum atomic E-state index is -1.19. The van der Waals surface area contributed by atoms with Crippen molar-refractivity contribution in [2.75, 3.05) is 26.2 Å². The third kappa shape index (κ3) is 10.1. The summed E-state index contributed by atoms with van der Waals surface area (Å²) >= 11 is 13.6. The molecule has 1 aliphatic rings. The average Bonchev–Trinajstić information content (AvgIpc) is 3.65. The largest absolute Gasteiger partial charge is 0.489 e. The van der Waals surface area contributed by atoms with Gasteiger partial charge in [-0.3, -0.25) is 15.1 Å². The van der Waals surface area contributed by atoms with Gasteiger partial charge in [0.15, 0.2) is 0 Å². The first kappa shape index (κ1) is 37.9. The third-order valence-electron chi connectivity index (χ3n) is 8.91. The summed E-state index contributed by atoms with van der Waals surface area (Å²) in [5.74, 6) is 0.209. The molecule has 51 heavy (non-hydrogen) atoms. The first-order chi connectivity index (χ1) is 24.7. The van der Waals surface area contributed by atoms with Crippen LogP contribution in [0.5, 0.6) is 17.2 Å². The van der Waals surface area contributed by atoms with Gasteiger partial charge in [-0.15, -0.1) is 0 Å². The van der Waals surface area contributed by atoms with Crippen molar-refractivity contribution in [2.45, 2.75) is 65.0 Å². The van der Waals surface area contributed by atoms with Crippen LogP contribution in [0.4, 0.5) is 0 Å². The Morgan fingerprint density at radius 1 is 1.00 bits per heavy atom. The monoisotopic (exact) mass is 732 g/mol. The molecule has 0 radical (unpaired) electrons. The number of ether oxygens (including phenoxy) is 3. The van der Waals surface area contributed by atoms with E-state index in [9.17, 15) is 20.3 Å². The lowest BCUT2D eigenvalue weighted by Gasteiger charge is -2.21. The minimum Gasteiger partial charge on any atom is -0.489 e. The standard InChI is InChI=1S/C39H42Cl2N4O6/c1-25(11-14-45-12-3-4-13-45)51-35-10-6-9-32(38(35)41)31-8-5-7-29(26(31)2)24-50-37-17-36(49-23-28-15-27(18-42)19-43-20-28)30(16-33(37)40)21-44-34(22-46)39(47)48/h5-10,15-17,19-20,25,34,44,46H,3-4,11-14,21-24H2,1-2H3,(H,47,48).